The number of methoxy groups -OCH3 is 1. The third kappa shape index (κ3) is 5.43. The third-order valence-electron chi connectivity index (χ3n) is 3.72. The molecule has 1 atom stereocenters. The molecule has 156 valence electrons. The van der Waals surface area contributed by atoms with Gasteiger partial charge in [0.05, 0.1) is 28.7 Å². The quantitative estimate of drug-likeness (QED) is 0.448. The van der Waals surface area contributed by atoms with Crippen LogP contribution in [-0.2, 0) is 23.9 Å². The van der Waals surface area contributed by atoms with E-state index < -0.39 is 29.1 Å². The maximum absolute atomic E-state index is 12.6. The fourth-order valence-corrected chi connectivity index (χ4v) is 3.85. The van der Waals surface area contributed by atoms with E-state index in [4.69, 9.17) is 32.7 Å². The predicted molar refractivity (Wildman–Crippen MR) is 108 cm³/mol. The molecule has 0 radical (unpaired) electrons. The van der Waals surface area contributed by atoms with Gasteiger partial charge in [0.25, 0.3) is 11.1 Å². The molecule has 11 heteroatoms. The molecule has 1 aromatic carbocycles. The summed E-state index contributed by atoms with van der Waals surface area (Å²) < 4.78 is 14.6. The summed E-state index contributed by atoms with van der Waals surface area (Å²) in [6.45, 7) is 2.80. The fourth-order valence-electron chi connectivity index (χ4n) is 2.32. The van der Waals surface area contributed by atoms with E-state index in [1.807, 2.05) is 0 Å². The molecular formula is C18H17Cl2NO7S. The van der Waals surface area contributed by atoms with Crippen molar-refractivity contribution in [2.24, 2.45) is 0 Å². The first-order valence-electron chi connectivity index (χ1n) is 8.31. The third-order valence-corrected chi connectivity index (χ3v) is 5.16. The van der Waals surface area contributed by atoms with Gasteiger partial charge in [0.2, 0.25) is 0 Å². The number of imide groups is 1. The van der Waals surface area contributed by atoms with Crippen LogP contribution in [0, 0.1) is 0 Å². The Morgan fingerprint density at radius 3 is 2.41 bits per heavy atom. The van der Waals surface area contributed by atoms with Gasteiger partial charge in [-0.2, -0.15) is 0 Å². The van der Waals surface area contributed by atoms with Crippen LogP contribution in [0.25, 0.3) is 6.08 Å². The molecule has 1 aliphatic heterocycles. The molecule has 0 saturated carbocycles. The minimum Gasteiger partial charge on any atom is -0.479 e. The van der Waals surface area contributed by atoms with Gasteiger partial charge >= 0.3 is 11.9 Å². The van der Waals surface area contributed by atoms with Gasteiger partial charge in [0.15, 0.2) is 12.4 Å². The number of hydrogen-bond donors (Lipinski definition) is 0. The van der Waals surface area contributed by atoms with Crippen molar-refractivity contribution in [3.05, 3.63) is 32.6 Å². The number of ether oxygens (including phenoxy) is 3. The Labute approximate surface area is 181 Å². The van der Waals surface area contributed by atoms with E-state index in [2.05, 4.69) is 4.74 Å². The van der Waals surface area contributed by atoms with Gasteiger partial charge in [0, 0.05) is 0 Å². The molecule has 29 heavy (non-hydrogen) atoms. The first-order chi connectivity index (χ1) is 13.7. The number of halogens is 2. The molecule has 1 fully saturated rings. The van der Waals surface area contributed by atoms with Crippen LogP contribution in [0.1, 0.15) is 19.4 Å². The monoisotopic (exact) mass is 461 g/mol. The summed E-state index contributed by atoms with van der Waals surface area (Å²) in [5, 5.41) is -0.379. The highest BCUT2D eigenvalue weighted by Crippen LogP contribution is 2.38. The van der Waals surface area contributed by atoms with Crippen LogP contribution in [0.4, 0.5) is 4.79 Å². The smallest absolute Gasteiger partial charge is 0.343 e. The van der Waals surface area contributed by atoms with Crippen molar-refractivity contribution in [1.29, 1.82) is 0 Å². The molecule has 1 aliphatic rings. The molecule has 1 aromatic rings. The van der Waals surface area contributed by atoms with Gasteiger partial charge in [0.1, 0.15) is 6.04 Å². The van der Waals surface area contributed by atoms with Crippen molar-refractivity contribution in [3.63, 3.8) is 0 Å². The highest BCUT2D eigenvalue weighted by Gasteiger charge is 2.41. The van der Waals surface area contributed by atoms with Crippen LogP contribution in [0.15, 0.2) is 17.0 Å². The van der Waals surface area contributed by atoms with E-state index in [1.165, 1.54) is 32.2 Å². The molecule has 2 rings (SSSR count). The Morgan fingerprint density at radius 1 is 1.24 bits per heavy atom. The van der Waals surface area contributed by atoms with Crippen molar-refractivity contribution in [2.45, 2.75) is 19.9 Å². The second-order valence-electron chi connectivity index (χ2n) is 5.66. The molecule has 0 aromatic heterocycles. The summed E-state index contributed by atoms with van der Waals surface area (Å²) in [6, 6.07) is 1.88. The summed E-state index contributed by atoms with van der Waals surface area (Å²) in [4.78, 5) is 48.8. The van der Waals surface area contributed by atoms with E-state index in [9.17, 15) is 19.2 Å². The second kappa shape index (κ2) is 10.00. The van der Waals surface area contributed by atoms with E-state index in [0.29, 0.717) is 17.3 Å². The molecular weight excluding hydrogens is 445 g/mol. The number of rotatable bonds is 7. The van der Waals surface area contributed by atoms with Crippen LogP contribution >= 0.6 is 35.0 Å². The summed E-state index contributed by atoms with van der Waals surface area (Å²) in [5.41, 5.74) is 0.430. The summed E-state index contributed by atoms with van der Waals surface area (Å²) in [5.74, 6) is -1.82. The molecule has 0 N–H and O–H groups in total. The zero-order valence-corrected chi connectivity index (χ0v) is 18.0. The van der Waals surface area contributed by atoms with Crippen LogP contribution in [-0.4, -0.2) is 54.4 Å². The van der Waals surface area contributed by atoms with Crippen LogP contribution in [0.5, 0.6) is 5.75 Å². The maximum atomic E-state index is 12.6. The number of nitrogens with zero attached hydrogens (tertiary/aromatic N) is 1. The van der Waals surface area contributed by atoms with E-state index in [0.717, 1.165) is 4.90 Å². The average molecular weight is 462 g/mol. The Morgan fingerprint density at radius 2 is 1.86 bits per heavy atom. The first kappa shape index (κ1) is 23.1. The number of carbonyl (C=O) groups excluding carboxylic acids is 4. The number of esters is 2. The number of hydrogen-bond acceptors (Lipinski definition) is 8. The highest BCUT2D eigenvalue weighted by atomic mass is 35.5. The number of thioether (sulfide) groups is 1. The first-order valence-corrected chi connectivity index (χ1v) is 9.89. The van der Waals surface area contributed by atoms with Gasteiger partial charge in [-0.1, -0.05) is 23.2 Å². The Balaban J connectivity index is 2.24. The Bertz CT molecular complexity index is 864. The summed E-state index contributed by atoms with van der Waals surface area (Å²) >= 11 is 13.0. The molecule has 0 aliphatic carbocycles. The maximum Gasteiger partial charge on any atom is 0.343 e. The Kier molecular flexibility index (Phi) is 7.95. The number of benzene rings is 1. The van der Waals surface area contributed by atoms with Gasteiger partial charge in [-0.05, 0) is 49.4 Å². The SMILES string of the molecule is CCOC(=O)C(C)N1C(=O)S/C(=C\c2cc(Cl)c(OCC(=O)OC)c(Cl)c2)C1=O. The highest BCUT2D eigenvalue weighted by molar-refractivity contribution is 8.18. The molecule has 0 spiro atoms. The average Bonchev–Trinajstić information content (AvgIpc) is 2.93. The van der Waals surface area contributed by atoms with Crippen LogP contribution in [0.2, 0.25) is 10.0 Å². The van der Waals surface area contributed by atoms with Crippen LogP contribution < -0.4 is 4.74 Å². The normalized spacial score (nSPS) is 16.2. The lowest BCUT2D eigenvalue weighted by Gasteiger charge is -2.19. The standard InChI is InChI=1S/C18H17Cl2NO7S/c1-4-27-17(24)9(2)21-16(23)13(29-18(21)25)7-10-5-11(19)15(12(20)6-10)28-8-14(22)26-3/h5-7,9H,4,8H2,1-3H3/b13-7-. The zero-order chi connectivity index (χ0) is 21.7. The molecule has 2 amide bonds. The fraction of sp³-hybridized carbons (Fsp3) is 0.333. The lowest BCUT2D eigenvalue weighted by Crippen LogP contribution is -2.42. The van der Waals surface area contributed by atoms with Gasteiger partial charge in [-0.25, -0.2) is 9.59 Å². The molecule has 1 saturated heterocycles. The van der Waals surface area contributed by atoms with Gasteiger partial charge < -0.3 is 14.2 Å². The molecule has 1 unspecified atom stereocenters. The minimum absolute atomic E-state index is 0.0833. The summed E-state index contributed by atoms with van der Waals surface area (Å²) in [7, 11) is 1.22. The summed E-state index contributed by atoms with van der Waals surface area (Å²) in [6.07, 6.45) is 1.42. The van der Waals surface area contributed by atoms with Crippen molar-refractivity contribution < 1.29 is 33.4 Å². The number of amides is 2. The zero-order valence-electron chi connectivity index (χ0n) is 15.7. The lowest BCUT2D eigenvalue weighted by molar-refractivity contribution is -0.150. The van der Waals surface area contributed by atoms with Crippen molar-refractivity contribution in [3.8, 4) is 5.75 Å². The van der Waals surface area contributed by atoms with Gasteiger partial charge in [-0.3, -0.25) is 14.5 Å². The topological polar surface area (TPSA) is 99.2 Å². The molecule has 8 nitrogen and oxygen atoms in total. The van der Waals surface area contributed by atoms with E-state index in [-0.39, 0.29) is 33.9 Å². The second-order valence-corrected chi connectivity index (χ2v) is 7.47. The largest absolute Gasteiger partial charge is 0.479 e. The molecule has 0 bridgehead atoms. The van der Waals surface area contributed by atoms with E-state index >= 15 is 0 Å². The minimum atomic E-state index is -1.05. The van der Waals surface area contributed by atoms with Gasteiger partial charge in [-0.15, -0.1) is 0 Å². The lowest BCUT2D eigenvalue weighted by atomic mass is 10.2. The van der Waals surface area contributed by atoms with Crippen molar-refractivity contribution >= 4 is 64.1 Å². The van der Waals surface area contributed by atoms with E-state index in [1.54, 1.807) is 6.92 Å². The Hall–Kier alpha value is -2.23. The van der Waals surface area contributed by atoms with Crippen molar-refractivity contribution in [1.82, 2.24) is 4.90 Å². The number of carbonyl (C=O) groups is 4. The van der Waals surface area contributed by atoms with Crippen LogP contribution in [0.3, 0.4) is 0 Å². The predicted octanol–water partition coefficient (Wildman–Crippen LogP) is 3.53. The molecule has 1 heterocycles. The van der Waals surface area contributed by atoms with Crippen molar-refractivity contribution in [2.75, 3.05) is 20.3 Å².